The van der Waals surface area contributed by atoms with Gasteiger partial charge in [0.05, 0.1) is 16.7 Å². The Bertz CT molecular complexity index is 293. The van der Waals surface area contributed by atoms with E-state index in [9.17, 15) is 0 Å². The summed E-state index contributed by atoms with van der Waals surface area (Å²) in [6, 6.07) is 0. The maximum Gasteiger partial charge on any atom is 0.0830 e. The SMILES string of the molecule is CCCCN(CCCC)C1(CN)CC(C)(C)OC1(C)C. The molecule has 0 aromatic carbocycles. The minimum atomic E-state index is -0.188. The van der Waals surface area contributed by atoms with Crippen molar-refractivity contribution in [1.29, 1.82) is 0 Å². The first kappa shape index (κ1) is 17.9. The molecule has 1 rings (SSSR count). The minimum absolute atomic E-state index is 0.0269. The van der Waals surface area contributed by atoms with Gasteiger partial charge in [-0.15, -0.1) is 0 Å². The van der Waals surface area contributed by atoms with Crippen LogP contribution in [0.1, 0.15) is 73.6 Å². The monoisotopic (exact) mass is 284 g/mol. The van der Waals surface area contributed by atoms with E-state index >= 15 is 0 Å². The number of hydrogen-bond acceptors (Lipinski definition) is 3. The van der Waals surface area contributed by atoms with E-state index in [0.717, 1.165) is 19.5 Å². The molecule has 1 heterocycles. The smallest absolute Gasteiger partial charge is 0.0830 e. The van der Waals surface area contributed by atoms with Crippen molar-refractivity contribution in [2.45, 2.75) is 90.4 Å². The Balaban J connectivity index is 3.02. The molecule has 2 N–H and O–H groups in total. The third-order valence-corrected chi connectivity index (χ3v) is 4.88. The number of nitrogens with two attached hydrogens (primary N) is 1. The molecule has 1 aliphatic heterocycles. The molecule has 3 nitrogen and oxygen atoms in total. The topological polar surface area (TPSA) is 38.5 Å². The molecule has 1 saturated heterocycles. The Morgan fingerprint density at radius 3 is 1.80 bits per heavy atom. The Hall–Kier alpha value is -0.120. The lowest BCUT2D eigenvalue weighted by molar-refractivity contribution is -0.104. The van der Waals surface area contributed by atoms with Gasteiger partial charge in [-0.05, 0) is 60.0 Å². The van der Waals surface area contributed by atoms with E-state index in [-0.39, 0.29) is 16.7 Å². The minimum Gasteiger partial charge on any atom is -0.368 e. The summed E-state index contributed by atoms with van der Waals surface area (Å²) in [4.78, 5) is 2.63. The average Bonchev–Trinajstić information content (AvgIpc) is 2.54. The molecule has 1 atom stereocenters. The molecule has 0 amide bonds. The van der Waals surface area contributed by atoms with Crippen LogP contribution in [0.15, 0.2) is 0 Å². The Morgan fingerprint density at radius 1 is 1.00 bits per heavy atom. The third-order valence-electron chi connectivity index (χ3n) is 4.88. The molecule has 0 saturated carbocycles. The van der Waals surface area contributed by atoms with Crippen molar-refractivity contribution in [2.75, 3.05) is 19.6 Å². The second-order valence-electron chi connectivity index (χ2n) is 7.48. The normalized spacial score (nSPS) is 28.2. The predicted molar refractivity (Wildman–Crippen MR) is 87.0 cm³/mol. The van der Waals surface area contributed by atoms with Crippen LogP contribution in [0.5, 0.6) is 0 Å². The molecule has 1 unspecified atom stereocenters. The van der Waals surface area contributed by atoms with Crippen molar-refractivity contribution in [3.05, 3.63) is 0 Å². The molecular formula is C17H36N2O. The van der Waals surface area contributed by atoms with E-state index in [2.05, 4.69) is 46.4 Å². The summed E-state index contributed by atoms with van der Waals surface area (Å²) in [5, 5.41) is 0. The largest absolute Gasteiger partial charge is 0.368 e. The summed E-state index contributed by atoms with van der Waals surface area (Å²) in [5.41, 5.74) is 5.99. The Morgan fingerprint density at radius 2 is 1.50 bits per heavy atom. The standard InChI is InChI=1S/C17H36N2O/c1-7-9-11-19(12-10-8-2)17(14-18)13-15(3,4)20-16(17,5)6/h7-14,18H2,1-6H3. The lowest BCUT2D eigenvalue weighted by Gasteiger charge is -2.48. The third kappa shape index (κ3) is 3.55. The lowest BCUT2D eigenvalue weighted by atomic mass is 9.77. The fourth-order valence-corrected chi connectivity index (χ4v) is 3.92. The van der Waals surface area contributed by atoms with Crippen LogP contribution in [0, 0.1) is 0 Å². The van der Waals surface area contributed by atoms with Gasteiger partial charge in [0.25, 0.3) is 0 Å². The molecule has 0 aliphatic carbocycles. The van der Waals surface area contributed by atoms with Gasteiger partial charge in [-0.25, -0.2) is 0 Å². The van der Waals surface area contributed by atoms with Gasteiger partial charge in [0.1, 0.15) is 0 Å². The number of hydrogen-bond donors (Lipinski definition) is 1. The molecule has 0 spiro atoms. The Labute approximate surface area is 126 Å². The first-order chi connectivity index (χ1) is 9.24. The van der Waals surface area contributed by atoms with Crippen LogP contribution >= 0.6 is 0 Å². The highest BCUT2D eigenvalue weighted by Gasteiger charge is 2.58. The van der Waals surface area contributed by atoms with E-state index in [1.165, 1.54) is 25.7 Å². The number of ether oxygens (including phenoxy) is 1. The molecule has 0 aromatic rings. The van der Waals surface area contributed by atoms with Crippen molar-refractivity contribution in [1.82, 2.24) is 4.90 Å². The van der Waals surface area contributed by atoms with E-state index in [1.807, 2.05) is 0 Å². The summed E-state index contributed by atoms with van der Waals surface area (Å²) in [7, 11) is 0. The summed E-state index contributed by atoms with van der Waals surface area (Å²) >= 11 is 0. The Kier molecular flexibility index (Phi) is 6.06. The summed E-state index contributed by atoms with van der Waals surface area (Å²) in [6.45, 7) is 16.3. The molecule has 20 heavy (non-hydrogen) atoms. The number of unbranched alkanes of at least 4 members (excludes halogenated alkanes) is 2. The van der Waals surface area contributed by atoms with Gasteiger partial charge in [0, 0.05) is 6.54 Å². The molecule has 3 heteroatoms. The van der Waals surface area contributed by atoms with E-state index in [4.69, 9.17) is 10.5 Å². The maximum atomic E-state index is 6.36. The van der Waals surface area contributed by atoms with Crippen LogP contribution in [-0.2, 0) is 4.74 Å². The fraction of sp³-hybridized carbons (Fsp3) is 1.00. The molecule has 0 radical (unpaired) electrons. The van der Waals surface area contributed by atoms with Crippen LogP contribution in [0.4, 0.5) is 0 Å². The number of rotatable bonds is 8. The molecular weight excluding hydrogens is 248 g/mol. The van der Waals surface area contributed by atoms with E-state index < -0.39 is 0 Å². The highest BCUT2D eigenvalue weighted by atomic mass is 16.5. The van der Waals surface area contributed by atoms with Gasteiger partial charge in [-0.2, -0.15) is 0 Å². The van der Waals surface area contributed by atoms with E-state index in [1.54, 1.807) is 0 Å². The lowest BCUT2D eigenvalue weighted by Crippen LogP contribution is -2.63. The fourth-order valence-electron chi connectivity index (χ4n) is 3.92. The van der Waals surface area contributed by atoms with Crippen LogP contribution in [0.2, 0.25) is 0 Å². The number of nitrogens with zero attached hydrogens (tertiary/aromatic N) is 1. The van der Waals surface area contributed by atoms with Gasteiger partial charge < -0.3 is 10.5 Å². The van der Waals surface area contributed by atoms with Gasteiger partial charge in [0.15, 0.2) is 0 Å². The molecule has 0 aromatic heterocycles. The van der Waals surface area contributed by atoms with Crippen LogP contribution in [0.25, 0.3) is 0 Å². The summed E-state index contributed by atoms with van der Waals surface area (Å²) in [6.07, 6.45) is 5.96. The predicted octanol–water partition coefficient (Wildman–Crippen LogP) is 3.56. The molecule has 120 valence electrons. The van der Waals surface area contributed by atoms with Gasteiger partial charge in [-0.1, -0.05) is 26.7 Å². The zero-order valence-electron chi connectivity index (χ0n) is 14.6. The van der Waals surface area contributed by atoms with Crippen LogP contribution in [-0.4, -0.2) is 41.3 Å². The maximum absolute atomic E-state index is 6.36. The first-order valence-corrected chi connectivity index (χ1v) is 8.40. The van der Waals surface area contributed by atoms with Crippen molar-refractivity contribution in [3.8, 4) is 0 Å². The highest BCUT2D eigenvalue weighted by Crippen LogP contribution is 2.48. The molecule has 1 aliphatic rings. The average molecular weight is 284 g/mol. The zero-order chi connectivity index (χ0) is 15.4. The highest BCUT2D eigenvalue weighted by molar-refractivity contribution is 5.13. The van der Waals surface area contributed by atoms with Crippen molar-refractivity contribution in [2.24, 2.45) is 5.73 Å². The molecule has 0 bridgehead atoms. The quantitative estimate of drug-likeness (QED) is 0.740. The van der Waals surface area contributed by atoms with Gasteiger partial charge in [0.2, 0.25) is 0 Å². The van der Waals surface area contributed by atoms with E-state index in [0.29, 0.717) is 6.54 Å². The zero-order valence-corrected chi connectivity index (χ0v) is 14.6. The molecule has 1 fully saturated rings. The van der Waals surface area contributed by atoms with Crippen LogP contribution in [0.3, 0.4) is 0 Å². The van der Waals surface area contributed by atoms with Crippen molar-refractivity contribution < 1.29 is 4.74 Å². The van der Waals surface area contributed by atoms with Crippen LogP contribution < -0.4 is 5.73 Å². The van der Waals surface area contributed by atoms with Crippen molar-refractivity contribution >= 4 is 0 Å². The first-order valence-electron chi connectivity index (χ1n) is 8.40. The summed E-state index contributed by atoms with van der Waals surface area (Å²) < 4.78 is 6.36. The second kappa shape index (κ2) is 6.76. The van der Waals surface area contributed by atoms with Gasteiger partial charge in [-0.3, -0.25) is 4.90 Å². The summed E-state index contributed by atoms with van der Waals surface area (Å²) in [5.74, 6) is 0. The second-order valence-corrected chi connectivity index (χ2v) is 7.48. The van der Waals surface area contributed by atoms with Gasteiger partial charge >= 0.3 is 0 Å². The van der Waals surface area contributed by atoms with Crippen molar-refractivity contribution in [3.63, 3.8) is 0 Å².